The molecule has 0 aromatic heterocycles. The summed E-state index contributed by atoms with van der Waals surface area (Å²) in [6, 6.07) is -0.808. The zero-order chi connectivity index (χ0) is 42.3. The monoisotopic (exact) mass is 818 g/mol. The van der Waals surface area contributed by atoms with Gasteiger partial charge in [0.1, 0.15) is 6.10 Å². The van der Waals surface area contributed by atoms with Crippen molar-refractivity contribution in [2.75, 3.05) is 6.61 Å². The molecule has 5 heteroatoms. The summed E-state index contributed by atoms with van der Waals surface area (Å²) < 4.78 is 0. The number of amides is 1. The molecule has 0 heterocycles. The van der Waals surface area contributed by atoms with Crippen molar-refractivity contribution in [1.82, 2.24) is 5.32 Å². The van der Waals surface area contributed by atoms with Crippen LogP contribution >= 0.6 is 0 Å². The number of aliphatic hydroxyl groups excluding tert-OH is 3. The lowest BCUT2D eigenvalue weighted by atomic mass is 9.99. The minimum atomic E-state index is -1.13. The summed E-state index contributed by atoms with van der Waals surface area (Å²) in [5.41, 5.74) is 0. The average molecular weight is 818 g/mol. The Bertz CT molecular complexity index is 859. The highest BCUT2D eigenvalue weighted by molar-refractivity contribution is 5.76. The Morgan fingerprint density at radius 1 is 0.448 bits per heavy atom. The van der Waals surface area contributed by atoms with E-state index in [0.717, 1.165) is 44.9 Å². The minimum Gasteiger partial charge on any atom is -0.394 e. The Morgan fingerprint density at radius 3 is 1.17 bits per heavy atom. The van der Waals surface area contributed by atoms with Gasteiger partial charge in [0.2, 0.25) is 5.91 Å². The summed E-state index contributed by atoms with van der Waals surface area (Å²) in [5.74, 6) is -0.141. The largest absolute Gasteiger partial charge is 0.394 e. The molecule has 0 saturated heterocycles. The number of hydrogen-bond donors (Lipinski definition) is 4. The van der Waals surface area contributed by atoms with E-state index in [4.69, 9.17) is 0 Å². The molecule has 5 nitrogen and oxygen atoms in total. The second kappa shape index (κ2) is 48.5. The summed E-state index contributed by atoms with van der Waals surface area (Å²) in [4.78, 5) is 12.5. The van der Waals surface area contributed by atoms with Crippen molar-refractivity contribution in [3.05, 3.63) is 24.3 Å². The third kappa shape index (κ3) is 42.9. The molecule has 1 amide bonds. The van der Waals surface area contributed by atoms with Crippen molar-refractivity contribution in [3.63, 3.8) is 0 Å². The molecule has 3 unspecified atom stereocenters. The van der Waals surface area contributed by atoms with Crippen LogP contribution in [0.25, 0.3) is 0 Å². The zero-order valence-corrected chi connectivity index (χ0v) is 39.2. The van der Waals surface area contributed by atoms with Crippen molar-refractivity contribution < 1.29 is 20.1 Å². The first kappa shape index (κ1) is 56.8. The maximum absolute atomic E-state index is 12.5. The lowest BCUT2D eigenvalue weighted by Gasteiger charge is -2.26. The van der Waals surface area contributed by atoms with Crippen LogP contribution in [0.5, 0.6) is 0 Å². The van der Waals surface area contributed by atoms with Gasteiger partial charge in [-0.15, -0.1) is 0 Å². The van der Waals surface area contributed by atoms with Gasteiger partial charge in [0.15, 0.2) is 0 Å². The molecule has 0 spiro atoms. The van der Waals surface area contributed by atoms with Gasteiger partial charge >= 0.3 is 0 Å². The molecule has 0 fully saturated rings. The predicted octanol–water partition coefficient (Wildman–Crippen LogP) is 15.7. The van der Waals surface area contributed by atoms with Crippen molar-refractivity contribution in [2.24, 2.45) is 0 Å². The number of aliphatic hydroxyl groups is 3. The van der Waals surface area contributed by atoms with Gasteiger partial charge < -0.3 is 20.6 Å². The maximum Gasteiger partial charge on any atom is 0.220 e. The number of allylic oxidation sites excluding steroid dienone is 4. The van der Waals surface area contributed by atoms with Gasteiger partial charge in [-0.2, -0.15) is 0 Å². The summed E-state index contributed by atoms with van der Waals surface area (Å²) in [6.45, 7) is 4.11. The van der Waals surface area contributed by atoms with E-state index >= 15 is 0 Å². The van der Waals surface area contributed by atoms with E-state index in [2.05, 4.69) is 43.5 Å². The Kier molecular flexibility index (Phi) is 47.5. The SMILES string of the molecule is CC/C=C\C/C=C\CCCCCCCCCCCCCCCCC(=O)NC(CO)C(O)C(O)CCCCCCCCCCCCCCCCCCCCCCCCC. The van der Waals surface area contributed by atoms with Crippen molar-refractivity contribution in [1.29, 1.82) is 0 Å². The summed E-state index contributed by atoms with van der Waals surface area (Å²) in [7, 11) is 0. The Balaban J connectivity index is 3.54. The van der Waals surface area contributed by atoms with E-state index in [9.17, 15) is 20.1 Å². The van der Waals surface area contributed by atoms with E-state index in [1.807, 2.05) is 0 Å². The van der Waals surface area contributed by atoms with Crippen LogP contribution in [0.3, 0.4) is 0 Å². The number of rotatable bonds is 48. The van der Waals surface area contributed by atoms with Gasteiger partial charge in [-0.05, 0) is 38.5 Å². The second-order valence-electron chi connectivity index (χ2n) is 18.1. The fourth-order valence-electron chi connectivity index (χ4n) is 8.32. The van der Waals surface area contributed by atoms with Crippen LogP contribution in [0.15, 0.2) is 24.3 Å². The van der Waals surface area contributed by atoms with Crippen molar-refractivity contribution in [2.45, 2.75) is 302 Å². The molecule has 0 aliphatic carbocycles. The molecule has 58 heavy (non-hydrogen) atoms. The van der Waals surface area contributed by atoms with Crippen LogP contribution in [-0.4, -0.2) is 46.1 Å². The number of unbranched alkanes of at least 4 members (excludes halogenated alkanes) is 36. The molecular formula is C53H103NO4. The topological polar surface area (TPSA) is 89.8 Å². The first-order valence-electron chi connectivity index (χ1n) is 26.1. The molecule has 0 bridgehead atoms. The Hall–Kier alpha value is -1.17. The summed E-state index contributed by atoms with van der Waals surface area (Å²) in [6.07, 6.45) is 60.3. The van der Waals surface area contributed by atoms with Gasteiger partial charge in [-0.3, -0.25) is 4.79 Å². The molecule has 4 N–H and O–H groups in total. The molecule has 3 atom stereocenters. The Labute approximate surface area is 362 Å². The van der Waals surface area contributed by atoms with E-state index in [1.165, 1.54) is 212 Å². The molecule has 344 valence electrons. The van der Waals surface area contributed by atoms with Crippen LogP contribution in [0.4, 0.5) is 0 Å². The number of carbonyl (C=O) groups is 1. The molecule has 0 aliphatic heterocycles. The van der Waals surface area contributed by atoms with Gasteiger partial charge in [0.05, 0.1) is 18.8 Å². The third-order valence-electron chi connectivity index (χ3n) is 12.3. The molecule has 0 radical (unpaired) electrons. The first-order chi connectivity index (χ1) is 28.6. The van der Waals surface area contributed by atoms with E-state index < -0.39 is 18.2 Å². The summed E-state index contributed by atoms with van der Waals surface area (Å²) >= 11 is 0. The van der Waals surface area contributed by atoms with E-state index in [0.29, 0.717) is 12.8 Å². The van der Waals surface area contributed by atoms with Gasteiger partial charge in [0.25, 0.3) is 0 Å². The average Bonchev–Trinajstić information content (AvgIpc) is 3.23. The highest BCUT2D eigenvalue weighted by Gasteiger charge is 2.26. The number of nitrogens with one attached hydrogen (secondary N) is 1. The number of hydrogen-bond acceptors (Lipinski definition) is 4. The smallest absolute Gasteiger partial charge is 0.220 e. The van der Waals surface area contributed by atoms with Gasteiger partial charge in [-0.1, -0.05) is 263 Å². The standard InChI is InChI=1S/C53H103NO4/c1-3-5-7-9-11-13-15-17-19-21-23-25-26-28-29-31-33-35-37-39-41-43-45-47-51(56)53(58)50(49-55)54-52(57)48-46-44-42-40-38-36-34-32-30-27-24-22-20-18-16-14-12-10-8-6-4-2/h6,8,12,14,50-51,53,55-56,58H,3-5,7,9-11,13,15-49H2,1-2H3,(H,54,57)/b8-6-,14-12-. The van der Waals surface area contributed by atoms with E-state index in [-0.39, 0.29) is 12.5 Å². The van der Waals surface area contributed by atoms with Crippen molar-refractivity contribution >= 4 is 5.91 Å². The lowest BCUT2D eigenvalue weighted by Crippen LogP contribution is -2.50. The minimum absolute atomic E-state index is 0.141. The lowest BCUT2D eigenvalue weighted by molar-refractivity contribution is -0.124. The van der Waals surface area contributed by atoms with Crippen LogP contribution in [0.2, 0.25) is 0 Å². The quantitative estimate of drug-likeness (QED) is 0.0364. The highest BCUT2D eigenvalue weighted by Crippen LogP contribution is 2.18. The maximum atomic E-state index is 12.5. The molecule has 0 aromatic rings. The zero-order valence-electron chi connectivity index (χ0n) is 39.2. The molecule has 0 rings (SSSR count). The summed E-state index contributed by atoms with van der Waals surface area (Å²) in [5, 5.41) is 33.7. The predicted molar refractivity (Wildman–Crippen MR) is 255 cm³/mol. The van der Waals surface area contributed by atoms with Crippen LogP contribution in [-0.2, 0) is 4.79 Å². The fourth-order valence-corrected chi connectivity index (χ4v) is 8.32. The molecule has 0 aliphatic rings. The fraction of sp³-hybridized carbons (Fsp3) is 0.906. The van der Waals surface area contributed by atoms with Crippen LogP contribution in [0, 0.1) is 0 Å². The molecule has 0 saturated carbocycles. The Morgan fingerprint density at radius 2 is 0.793 bits per heavy atom. The van der Waals surface area contributed by atoms with E-state index in [1.54, 1.807) is 0 Å². The van der Waals surface area contributed by atoms with Crippen molar-refractivity contribution in [3.8, 4) is 0 Å². The van der Waals surface area contributed by atoms with Crippen LogP contribution in [0.1, 0.15) is 284 Å². The highest BCUT2D eigenvalue weighted by atomic mass is 16.3. The molecular weight excluding hydrogens is 715 g/mol. The third-order valence-corrected chi connectivity index (χ3v) is 12.3. The normalized spacial score (nSPS) is 13.5. The number of carbonyl (C=O) groups excluding carboxylic acids is 1. The van der Waals surface area contributed by atoms with Gasteiger partial charge in [0, 0.05) is 6.42 Å². The van der Waals surface area contributed by atoms with Crippen LogP contribution < -0.4 is 5.32 Å². The molecule has 0 aromatic carbocycles. The first-order valence-corrected chi connectivity index (χ1v) is 26.1. The van der Waals surface area contributed by atoms with Gasteiger partial charge in [-0.25, -0.2) is 0 Å². The second-order valence-corrected chi connectivity index (χ2v) is 18.1.